The van der Waals surface area contributed by atoms with Crippen molar-refractivity contribution in [1.29, 1.82) is 0 Å². The molecule has 1 aromatic heterocycles. The van der Waals surface area contributed by atoms with Crippen molar-refractivity contribution in [1.82, 2.24) is 10.2 Å². The summed E-state index contributed by atoms with van der Waals surface area (Å²) in [6.45, 7) is 3.91. The average molecular weight is 430 g/mol. The quantitative estimate of drug-likeness (QED) is 0.576. The molecule has 0 spiro atoms. The molecule has 1 amide bonds. The van der Waals surface area contributed by atoms with Crippen molar-refractivity contribution < 1.29 is 13.2 Å². The van der Waals surface area contributed by atoms with E-state index in [-0.39, 0.29) is 22.1 Å². The molecular formula is C21H23N3O3S2. The molecule has 29 heavy (non-hydrogen) atoms. The molecule has 0 fully saturated rings. The van der Waals surface area contributed by atoms with Crippen LogP contribution in [-0.4, -0.2) is 30.3 Å². The highest BCUT2D eigenvalue weighted by Crippen LogP contribution is 2.25. The molecule has 2 aromatic carbocycles. The molecule has 0 saturated heterocycles. The lowest BCUT2D eigenvalue weighted by Crippen LogP contribution is -2.17. The van der Waals surface area contributed by atoms with E-state index >= 15 is 0 Å². The lowest BCUT2D eigenvalue weighted by Gasteiger charge is -2.09. The second-order valence-electron chi connectivity index (χ2n) is 6.79. The number of hydrogen-bond donors (Lipinski definition) is 1. The summed E-state index contributed by atoms with van der Waals surface area (Å²) in [5.41, 5.74) is 1.33. The molecular weight excluding hydrogens is 406 g/mol. The Morgan fingerprint density at radius 1 is 1.07 bits per heavy atom. The van der Waals surface area contributed by atoms with E-state index in [9.17, 15) is 13.2 Å². The van der Waals surface area contributed by atoms with Crippen molar-refractivity contribution in [3.63, 3.8) is 0 Å². The number of carbonyl (C=O) groups excluding carboxylic acids is 1. The number of benzene rings is 2. The normalized spacial score (nSPS) is 12.5. The molecule has 0 radical (unpaired) electrons. The van der Waals surface area contributed by atoms with Gasteiger partial charge in [-0.15, -0.1) is 10.2 Å². The molecule has 3 rings (SSSR count). The zero-order valence-electron chi connectivity index (χ0n) is 16.3. The molecule has 3 aromatic rings. The Morgan fingerprint density at radius 2 is 1.76 bits per heavy atom. The Morgan fingerprint density at radius 3 is 2.48 bits per heavy atom. The summed E-state index contributed by atoms with van der Waals surface area (Å²) in [4.78, 5) is 12.7. The summed E-state index contributed by atoms with van der Waals surface area (Å²) in [7, 11) is -3.51. The van der Waals surface area contributed by atoms with Gasteiger partial charge in [0.05, 0.1) is 16.2 Å². The van der Waals surface area contributed by atoms with E-state index in [0.717, 1.165) is 5.01 Å². The van der Waals surface area contributed by atoms with Crippen LogP contribution < -0.4 is 5.32 Å². The van der Waals surface area contributed by atoms with Crippen LogP contribution in [0, 0.1) is 0 Å². The molecule has 0 saturated carbocycles. The number of nitrogens with zero attached hydrogens (tertiary/aromatic N) is 2. The van der Waals surface area contributed by atoms with Gasteiger partial charge in [0.15, 0.2) is 9.84 Å². The van der Waals surface area contributed by atoms with Crippen LogP contribution in [-0.2, 0) is 16.3 Å². The Kier molecular flexibility index (Phi) is 6.76. The first-order valence-electron chi connectivity index (χ1n) is 9.41. The molecule has 0 aliphatic heterocycles. The molecule has 8 heteroatoms. The summed E-state index contributed by atoms with van der Waals surface area (Å²) in [5.74, 6) is -0.232. The Bertz CT molecular complexity index is 1080. The molecule has 1 atom stereocenters. The van der Waals surface area contributed by atoms with Gasteiger partial charge in [0.2, 0.25) is 5.13 Å². The maximum Gasteiger partial charge on any atom is 0.258 e. The highest BCUT2D eigenvalue weighted by Gasteiger charge is 2.22. The lowest BCUT2D eigenvalue weighted by atomic mass is 9.98. The van der Waals surface area contributed by atoms with E-state index in [4.69, 9.17) is 0 Å². The SMILES string of the molecule is CCCS(=O)(=O)c1ccccc1C(=O)Nc1nnc(CC(C)c2ccccc2)s1. The summed E-state index contributed by atoms with van der Waals surface area (Å²) in [6, 6.07) is 16.4. The van der Waals surface area contributed by atoms with E-state index < -0.39 is 15.7 Å². The minimum atomic E-state index is -3.51. The smallest absolute Gasteiger partial charge is 0.258 e. The number of carbonyl (C=O) groups is 1. The number of rotatable bonds is 8. The van der Waals surface area contributed by atoms with Gasteiger partial charge >= 0.3 is 0 Å². The highest BCUT2D eigenvalue weighted by molar-refractivity contribution is 7.91. The van der Waals surface area contributed by atoms with Gasteiger partial charge in [-0.2, -0.15) is 0 Å². The third-order valence-corrected chi connectivity index (χ3v) is 7.31. The summed E-state index contributed by atoms with van der Waals surface area (Å²) < 4.78 is 24.9. The largest absolute Gasteiger partial charge is 0.296 e. The predicted molar refractivity (Wildman–Crippen MR) is 115 cm³/mol. The van der Waals surface area contributed by atoms with Crippen molar-refractivity contribution in [2.45, 2.75) is 37.5 Å². The highest BCUT2D eigenvalue weighted by atomic mass is 32.2. The third-order valence-electron chi connectivity index (χ3n) is 4.48. The van der Waals surface area contributed by atoms with Crippen molar-refractivity contribution >= 4 is 32.2 Å². The Labute approximate surface area is 174 Å². The fourth-order valence-electron chi connectivity index (χ4n) is 3.02. The molecule has 0 aliphatic carbocycles. The van der Waals surface area contributed by atoms with Gasteiger partial charge in [0.1, 0.15) is 5.01 Å². The topological polar surface area (TPSA) is 89.0 Å². The van der Waals surface area contributed by atoms with Gasteiger partial charge in [-0.25, -0.2) is 8.42 Å². The molecule has 6 nitrogen and oxygen atoms in total. The number of aromatic nitrogens is 2. The van der Waals surface area contributed by atoms with E-state index in [2.05, 4.69) is 34.6 Å². The monoisotopic (exact) mass is 429 g/mol. The fraction of sp³-hybridized carbons (Fsp3) is 0.286. The molecule has 0 bridgehead atoms. The van der Waals surface area contributed by atoms with Crippen molar-refractivity contribution in [2.75, 3.05) is 11.1 Å². The standard InChI is InChI=1S/C21H23N3O3S2/c1-3-13-29(26,27)18-12-8-7-11-17(18)20(25)22-21-24-23-19(28-21)14-15(2)16-9-5-4-6-10-16/h4-12,15H,3,13-14H2,1-2H3,(H,22,24,25). The van der Waals surface area contributed by atoms with Crippen LogP contribution >= 0.6 is 11.3 Å². The second-order valence-corrected chi connectivity index (χ2v) is 9.93. The zero-order valence-corrected chi connectivity index (χ0v) is 18.0. The maximum atomic E-state index is 12.7. The van der Waals surface area contributed by atoms with Crippen LogP contribution in [0.2, 0.25) is 0 Å². The Balaban J connectivity index is 1.73. The number of hydrogen-bond acceptors (Lipinski definition) is 6. The number of amides is 1. The first kappa shape index (κ1) is 21.1. The predicted octanol–water partition coefficient (Wildman–Crippen LogP) is 4.32. The van der Waals surface area contributed by atoms with Gasteiger partial charge in [0.25, 0.3) is 5.91 Å². The second kappa shape index (κ2) is 9.28. The van der Waals surface area contributed by atoms with Crippen molar-refractivity contribution in [2.24, 2.45) is 0 Å². The summed E-state index contributed by atoms with van der Waals surface area (Å²) in [6.07, 6.45) is 1.19. The minimum absolute atomic E-state index is 0.00236. The third kappa shape index (κ3) is 5.27. The van der Waals surface area contributed by atoms with Crippen LogP contribution in [0.25, 0.3) is 0 Å². The van der Waals surface area contributed by atoms with E-state index in [0.29, 0.717) is 18.0 Å². The fourth-order valence-corrected chi connectivity index (χ4v) is 5.42. The Hall–Kier alpha value is -2.58. The van der Waals surface area contributed by atoms with E-state index in [1.807, 2.05) is 18.2 Å². The molecule has 152 valence electrons. The van der Waals surface area contributed by atoms with Crippen LogP contribution in [0.4, 0.5) is 5.13 Å². The molecule has 1 unspecified atom stereocenters. The van der Waals surface area contributed by atoms with E-state index in [1.165, 1.54) is 29.0 Å². The lowest BCUT2D eigenvalue weighted by molar-refractivity contribution is 0.102. The van der Waals surface area contributed by atoms with Gasteiger partial charge in [0, 0.05) is 6.42 Å². The number of sulfone groups is 1. The van der Waals surface area contributed by atoms with Crippen LogP contribution in [0.15, 0.2) is 59.5 Å². The first-order chi connectivity index (χ1) is 13.9. The minimum Gasteiger partial charge on any atom is -0.296 e. The summed E-state index contributed by atoms with van der Waals surface area (Å²) in [5, 5.41) is 12.1. The maximum absolute atomic E-state index is 12.7. The van der Waals surface area contributed by atoms with Gasteiger partial charge < -0.3 is 0 Å². The van der Waals surface area contributed by atoms with Gasteiger partial charge in [-0.1, -0.05) is 67.6 Å². The number of anilines is 1. The van der Waals surface area contributed by atoms with Crippen LogP contribution in [0.3, 0.4) is 0 Å². The van der Waals surface area contributed by atoms with E-state index in [1.54, 1.807) is 19.1 Å². The molecule has 1 N–H and O–H groups in total. The van der Waals surface area contributed by atoms with Crippen molar-refractivity contribution in [3.8, 4) is 0 Å². The first-order valence-corrected chi connectivity index (χ1v) is 11.9. The summed E-state index contributed by atoms with van der Waals surface area (Å²) >= 11 is 1.30. The molecule has 1 heterocycles. The van der Waals surface area contributed by atoms with Crippen LogP contribution in [0.5, 0.6) is 0 Å². The zero-order chi connectivity index (χ0) is 20.9. The van der Waals surface area contributed by atoms with Crippen molar-refractivity contribution in [3.05, 3.63) is 70.7 Å². The van der Waals surface area contributed by atoms with Crippen LogP contribution in [0.1, 0.15) is 47.1 Å². The number of nitrogens with one attached hydrogen (secondary N) is 1. The van der Waals surface area contributed by atoms with Gasteiger partial charge in [-0.05, 0) is 30.0 Å². The molecule has 0 aliphatic rings. The average Bonchev–Trinajstić information content (AvgIpc) is 3.15. The van der Waals surface area contributed by atoms with Gasteiger partial charge in [-0.3, -0.25) is 10.1 Å².